The number of benzene rings is 9. The van der Waals surface area contributed by atoms with Gasteiger partial charge in [-0.1, -0.05) is 194 Å². The van der Waals surface area contributed by atoms with Crippen LogP contribution >= 0.6 is 0 Å². The number of aryl methyl sites for hydroxylation is 1. The zero-order valence-corrected chi connectivity index (χ0v) is 34.6. The molecule has 0 bridgehead atoms. The van der Waals surface area contributed by atoms with Crippen molar-refractivity contribution in [1.29, 1.82) is 0 Å². The fourth-order valence-electron chi connectivity index (χ4n) is 12.3. The summed E-state index contributed by atoms with van der Waals surface area (Å²) in [5, 5.41) is 0. The third-order valence-corrected chi connectivity index (χ3v) is 14.7. The van der Waals surface area contributed by atoms with Crippen LogP contribution in [0.5, 0.6) is 0 Å². The zero-order valence-electron chi connectivity index (χ0n) is 34.6. The van der Waals surface area contributed by atoms with Crippen molar-refractivity contribution >= 4 is 0 Å². The van der Waals surface area contributed by atoms with Crippen LogP contribution in [-0.2, 0) is 10.8 Å². The molecule has 0 radical (unpaired) electrons. The number of rotatable bonds is 3. The molecule has 0 amide bonds. The lowest BCUT2D eigenvalue weighted by Crippen LogP contribution is -2.26. The van der Waals surface area contributed by atoms with Gasteiger partial charge in [-0.3, -0.25) is 4.98 Å². The summed E-state index contributed by atoms with van der Waals surface area (Å²) in [5.74, 6) is 0. The highest BCUT2D eigenvalue weighted by atomic mass is 14.8. The molecule has 4 aliphatic rings. The molecule has 0 atom stereocenters. The van der Waals surface area contributed by atoms with Gasteiger partial charge in [-0.15, -0.1) is 0 Å². The number of nitrogens with zero attached hydrogens (tertiary/aromatic N) is 2. The van der Waals surface area contributed by atoms with E-state index in [1.54, 1.807) is 0 Å². The van der Waals surface area contributed by atoms with Gasteiger partial charge in [-0.05, 0) is 114 Å². The molecule has 14 rings (SSSR count). The maximum absolute atomic E-state index is 5.64. The minimum Gasteiger partial charge on any atom is -0.252 e. The van der Waals surface area contributed by atoms with Crippen LogP contribution in [-0.4, -0.2) is 9.97 Å². The highest BCUT2D eigenvalue weighted by molar-refractivity contribution is 5.99. The summed E-state index contributed by atoms with van der Waals surface area (Å²) in [6.07, 6.45) is 1.97. The molecule has 0 fully saturated rings. The SMILES string of the molecule is Cc1cc2c(cc1-c1ncc(-c3ccccc3)nc1-c1ccc3c(c1)C1(c4ccccc4-c4ccccc41)c1ccccc1-3)C1(c3ccccc3-c3ccccc31)c1ccccc1-2. The lowest BCUT2D eigenvalue weighted by atomic mass is 9.70. The van der Waals surface area contributed by atoms with Gasteiger partial charge < -0.3 is 0 Å². The van der Waals surface area contributed by atoms with Crippen molar-refractivity contribution in [3.8, 4) is 78.3 Å². The minimum atomic E-state index is -0.468. The Kier molecular flexibility index (Phi) is 6.93. The van der Waals surface area contributed by atoms with Gasteiger partial charge in [0.2, 0.25) is 0 Å². The van der Waals surface area contributed by atoms with Crippen molar-refractivity contribution in [3.63, 3.8) is 0 Å². The molecular weight excluding hydrogens is 761 g/mol. The summed E-state index contributed by atoms with van der Waals surface area (Å²) in [7, 11) is 0. The Hall–Kier alpha value is -7.94. The zero-order chi connectivity index (χ0) is 41.4. The van der Waals surface area contributed by atoms with Crippen LogP contribution in [0.15, 0.2) is 212 Å². The second kappa shape index (κ2) is 12.6. The molecule has 63 heavy (non-hydrogen) atoms. The van der Waals surface area contributed by atoms with Crippen molar-refractivity contribution < 1.29 is 0 Å². The average molecular weight is 799 g/mol. The fraction of sp³-hybridized carbons (Fsp3) is 0.0492. The normalized spacial score (nSPS) is 14.4. The maximum Gasteiger partial charge on any atom is 0.0972 e. The largest absolute Gasteiger partial charge is 0.252 e. The summed E-state index contributed by atoms with van der Waals surface area (Å²) in [6.45, 7) is 2.25. The molecule has 2 spiro atoms. The average Bonchev–Trinajstić information content (AvgIpc) is 4.02. The van der Waals surface area contributed by atoms with Gasteiger partial charge in [0.1, 0.15) is 0 Å². The monoisotopic (exact) mass is 798 g/mol. The molecule has 4 aliphatic carbocycles. The van der Waals surface area contributed by atoms with Crippen molar-refractivity contribution in [2.45, 2.75) is 17.8 Å². The lowest BCUT2D eigenvalue weighted by Gasteiger charge is -2.31. The summed E-state index contributed by atoms with van der Waals surface area (Å²) in [6, 6.07) is 76.6. The molecule has 10 aromatic rings. The van der Waals surface area contributed by atoms with Crippen molar-refractivity contribution in [2.75, 3.05) is 0 Å². The van der Waals surface area contributed by atoms with E-state index in [-0.39, 0.29) is 0 Å². The minimum absolute atomic E-state index is 0.464. The number of hydrogen-bond acceptors (Lipinski definition) is 2. The van der Waals surface area contributed by atoms with Crippen LogP contribution in [0.3, 0.4) is 0 Å². The van der Waals surface area contributed by atoms with Crippen molar-refractivity contribution in [1.82, 2.24) is 9.97 Å². The first-order valence-corrected chi connectivity index (χ1v) is 22.0. The third kappa shape index (κ3) is 4.32. The molecule has 1 aromatic heterocycles. The van der Waals surface area contributed by atoms with Crippen LogP contribution in [0.4, 0.5) is 0 Å². The van der Waals surface area contributed by atoms with Gasteiger partial charge in [0, 0.05) is 16.7 Å². The summed E-state index contributed by atoms with van der Waals surface area (Å²) in [4.78, 5) is 11.1. The molecular formula is C61H38N2. The Morgan fingerprint density at radius 2 is 0.698 bits per heavy atom. The van der Waals surface area contributed by atoms with Gasteiger partial charge in [-0.25, -0.2) is 4.98 Å². The van der Waals surface area contributed by atoms with E-state index >= 15 is 0 Å². The molecule has 0 aliphatic heterocycles. The van der Waals surface area contributed by atoms with Gasteiger partial charge >= 0.3 is 0 Å². The highest BCUT2D eigenvalue weighted by Crippen LogP contribution is 2.65. The van der Waals surface area contributed by atoms with Crippen LogP contribution in [0.2, 0.25) is 0 Å². The third-order valence-electron chi connectivity index (χ3n) is 14.7. The maximum atomic E-state index is 5.64. The summed E-state index contributed by atoms with van der Waals surface area (Å²) in [5.41, 5.74) is 26.9. The first-order chi connectivity index (χ1) is 31.2. The van der Waals surface area contributed by atoms with E-state index in [1.165, 1.54) is 94.6 Å². The van der Waals surface area contributed by atoms with Gasteiger partial charge in [0.25, 0.3) is 0 Å². The number of aromatic nitrogens is 2. The number of fused-ring (bicyclic) bond motifs is 20. The summed E-state index contributed by atoms with van der Waals surface area (Å²) >= 11 is 0. The molecule has 2 nitrogen and oxygen atoms in total. The van der Waals surface area contributed by atoms with E-state index in [1.807, 2.05) is 6.20 Å². The standard InChI is InChI=1S/C61H38N2/c1-37-33-48-45-24-10-16-30-54(45)61(51-27-13-7-21-42(51)43-22-8-14-28-52(43)61)56(48)35-47(37)59-58(63-57(36-62-59)38-17-3-2-4-18-38)39-31-32-46-44-23-9-15-29-53(44)60(55(46)34-39)49-25-11-5-19-40(49)41-20-6-12-26-50(41)60/h2-36H,1H3. The molecule has 0 saturated carbocycles. The molecule has 0 unspecified atom stereocenters. The smallest absolute Gasteiger partial charge is 0.0972 e. The fourth-order valence-corrected chi connectivity index (χ4v) is 12.3. The Bertz CT molecular complexity index is 3490. The summed E-state index contributed by atoms with van der Waals surface area (Å²) < 4.78 is 0. The predicted molar refractivity (Wildman–Crippen MR) is 256 cm³/mol. The lowest BCUT2D eigenvalue weighted by molar-refractivity contribution is 0.793. The van der Waals surface area contributed by atoms with E-state index in [2.05, 4.69) is 213 Å². The Morgan fingerprint density at radius 1 is 0.302 bits per heavy atom. The van der Waals surface area contributed by atoms with E-state index < -0.39 is 10.8 Å². The topological polar surface area (TPSA) is 25.8 Å². The Morgan fingerprint density at radius 3 is 1.17 bits per heavy atom. The van der Waals surface area contributed by atoms with Gasteiger partial charge in [0.05, 0.1) is 34.1 Å². The van der Waals surface area contributed by atoms with Gasteiger partial charge in [0.15, 0.2) is 0 Å². The van der Waals surface area contributed by atoms with Crippen LogP contribution < -0.4 is 0 Å². The van der Waals surface area contributed by atoms with Crippen LogP contribution in [0.25, 0.3) is 78.3 Å². The van der Waals surface area contributed by atoms with Crippen LogP contribution in [0.1, 0.15) is 50.1 Å². The quantitative estimate of drug-likeness (QED) is 0.178. The molecule has 2 heteroatoms. The van der Waals surface area contributed by atoms with E-state index in [0.29, 0.717) is 0 Å². The predicted octanol–water partition coefficient (Wildman–Crippen LogP) is 14.5. The first kappa shape index (κ1) is 34.7. The van der Waals surface area contributed by atoms with Crippen molar-refractivity contribution in [3.05, 3.63) is 263 Å². The molecule has 0 N–H and O–H groups in total. The molecule has 9 aromatic carbocycles. The highest BCUT2D eigenvalue weighted by Gasteiger charge is 2.53. The van der Waals surface area contributed by atoms with E-state index in [0.717, 1.165) is 33.8 Å². The van der Waals surface area contributed by atoms with E-state index in [9.17, 15) is 0 Å². The molecule has 292 valence electrons. The molecule has 0 saturated heterocycles. The van der Waals surface area contributed by atoms with E-state index in [4.69, 9.17) is 9.97 Å². The van der Waals surface area contributed by atoms with Gasteiger partial charge in [-0.2, -0.15) is 0 Å². The Balaban J connectivity index is 1.05. The second-order valence-corrected chi connectivity index (χ2v) is 17.6. The number of hydrogen-bond donors (Lipinski definition) is 0. The molecule has 1 heterocycles. The second-order valence-electron chi connectivity index (χ2n) is 17.6. The Labute approximate surface area is 366 Å². The first-order valence-electron chi connectivity index (χ1n) is 22.0. The van der Waals surface area contributed by atoms with Crippen molar-refractivity contribution in [2.24, 2.45) is 0 Å². The van der Waals surface area contributed by atoms with Crippen LogP contribution in [0, 0.1) is 6.92 Å².